The molecule has 18 heavy (non-hydrogen) atoms. The molecule has 4 rings (SSSR count). The highest BCUT2D eigenvalue weighted by molar-refractivity contribution is 5.35. The van der Waals surface area contributed by atoms with Gasteiger partial charge in [0.1, 0.15) is 5.75 Å². The van der Waals surface area contributed by atoms with Crippen LogP contribution in [-0.2, 0) is 0 Å². The van der Waals surface area contributed by atoms with Crippen LogP contribution in [0.15, 0.2) is 24.3 Å². The van der Waals surface area contributed by atoms with Gasteiger partial charge in [-0.05, 0) is 43.6 Å². The first-order valence-corrected chi connectivity index (χ1v) is 6.66. The molecule has 0 aliphatic heterocycles. The minimum Gasteiger partial charge on any atom is -0.496 e. The third-order valence-corrected chi connectivity index (χ3v) is 4.67. The fourth-order valence-electron chi connectivity index (χ4n) is 3.72. The van der Waals surface area contributed by atoms with Gasteiger partial charge < -0.3 is 14.9 Å². The van der Waals surface area contributed by atoms with Crippen molar-refractivity contribution in [3.05, 3.63) is 29.8 Å². The van der Waals surface area contributed by atoms with Gasteiger partial charge in [0.15, 0.2) is 0 Å². The Morgan fingerprint density at radius 3 is 2.72 bits per heavy atom. The summed E-state index contributed by atoms with van der Waals surface area (Å²) in [4.78, 5) is 0. The Morgan fingerprint density at radius 2 is 2.11 bits per heavy atom. The van der Waals surface area contributed by atoms with Crippen LogP contribution in [0, 0.1) is 11.8 Å². The maximum absolute atomic E-state index is 10.4. The second kappa shape index (κ2) is 4.25. The number of fused-ring (bicyclic) bond motifs is 1. The Balaban J connectivity index is 1.73. The highest BCUT2D eigenvalue weighted by atomic mass is 16.5. The minimum absolute atomic E-state index is 0.238. The lowest BCUT2D eigenvalue weighted by Gasteiger charge is -2.36. The van der Waals surface area contributed by atoms with E-state index in [9.17, 15) is 10.2 Å². The third kappa shape index (κ3) is 1.82. The first-order valence-electron chi connectivity index (χ1n) is 6.66. The van der Waals surface area contributed by atoms with Crippen LogP contribution in [-0.4, -0.2) is 22.9 Å². The summed E-state index contributed by atoms with van der Waals surface area (Å²) in [6, 6.07) is 7.56. The average Bonchev–Trinajstić information content (AvgIpc) is 2.81. The van der Waals surface area contributed by atoms with Crippen molar-refractivity contribution in [3.8, 4) is 5.75 Å². The molecule has 3 nitrogen and oxygen atoms in total. The predicted molar refractivity (Wildman–Crippen MR) is 68.4 cm³/mol. The van der Waals surface area contributed by atoms with Crippen LogP contribution in [0.3, 0.4) is 0 Å². The fraction of sp³-hybridized carbons (Fsp3) is 0.600. The highest BCUT2D eigenvalue weighted by Gasteiger charge is 2.56. The van der Waals surface area contributed by atoms with E-state index < -0.39 is 11.7 Å². The molecule has 2 N–H and O–H groups in total. The number of hydrogen-bond acceptors (Lipinski definition) is 3. The van der Waals surface area contributed by atoms with E-state index in [0.717, 1.165) is 30.6 Å². The molecule has 0 saturated heterocycles. The smallest absolute Gasteiger partial charge is 0.124 e. The standard InChI is InChI=1S/C15H20O3/c1-18-14-5-3-2-4-12(14)13(16)7-11-6-10-8-15(11,17)9-10/h2-5,10-11,13,16-17H,6-9H2,1H3. The summed E-state index contributed by atoms with van der Waals surface area (Å²) in [5, 5.41) is 20.7. The van der Waals surface area contributed by atoms with Crippen molar-refractivity contribution in [3.63, 3.8) is 0 Å². The molecule has 0 aromatic heterocycles. The largest absolute Gasteiger partial charge is 0.496 e. The number of aliphatic hydroxyl groups is 2. The van der Waals surface area contributed by atoms with E-state index in [2.05, 4.69) is 0 Å². The van der Waals surface area contributed by atoms with E-state index >= 15 is 0 Å². The fourth-order valence-corrected chi connectivity index (χ4v) is 3.72. The van der Waals surface area contributed by atoms with Crippen LogP contribution in [0.25, 0.3) is 0 Å². The van der Waals surface area contributed by atoms with Gasteiger partial charge in [0.05, 0.1) is 18.8 Å². The van der Waals surface area contributed by atoms with E-state index in [1.54, 1.807) is 7.11 Å². The van der Waals surface area contributed by atoms with E-state index in [-0.39, 0.29) is 5.92 Å². The van der Waals surface area contributed by atoms with Crippen LogP contribution in [0.4, 0.5) is 0 Å². The number of hydrogen-bond donors (Lipinski definition) is 2. The Kier molecular flexibility index (Phi) is 2.83. The lowest BCUT2D eigenvalue weighted by Crippen LogP contribution is -2.39. The predicted octanol–water partition coefficient (Wildman–Crippen LogP) is 2.28. The number of aliphatic hydroxyl groups excluding tert-OH is 1. The van der Waals surface area contributed by atoms with Gasteiger partial charge in [-0.25, -0.2) is 0 Å². The molecule has 1 aromatic rings. The van der Waals surface area contributed by atoms with Crippen molar-refractivity contribution in [2.75, 3.05) is 7.11 Å². The van der Waals surface area contributed by atoms with E-state index in [1.165, 1.54) is 0 Å². The number of rotatable bonds is 4. The van der Waals surface area contributed by atoms with Crippen molar-refractivity contribution < 1.29 is 14.9 Å². The first kappa shape index (κ1) is 12.0. The summed E-state index contributed by atoms with van der Waals surface area (Å²) in [7, 11) is 1.62. The van der Waals surface area contributed by atoms with Gasteiger partial charge in [-0.3, -0.25) is 0 Å². The Hall–Kier alpha value is -1.06. The summed E-state index contributed by atoms with van der Waals surface area (Å²) in [5.74, 6) is 1.65. The Morgan fingerprint density at radius 1 is 1.39 bits per heavy atom. The number of benzene rings is 1. The van der Waals surface area contributed by atoms with E-state index in [1.807, 2.05) is 24.3 Å². The summed E-state index contributed by atoms with van der Waals surface area (Å²) >= 11 is 0. The first-order chi connectivity index (χ1) is 8.62. The number of para-hydroxylation sites is 1. The van der Waals surface area contributed by atoms with Crippen molar-refractivity contribution >= 4 is 0 Å². The van der Waals surface area contributed by atoms with Crippen molar-refractivity contribution in [2.45, 2.75) is 37.4 Å². The van der Waals surface area contributed by atoms with Crippen molar-refractivity contribution in [1.82, 2.24) is 0 Å². The summed E-state index contributed by atoms with van der Waals surface area (Å²) in [6.07, 6.45) is 3.00. The van der Waals surface area contributed by atoms with E-state index in [0.29, 0.717) is 12.3 Å². The normalized spacial score (nSPS) is 35.1. The van der Waals surface area contributed by atoms with Gasteiger partial charge in [0.25, 0.3) is 0 Å². The van der Waals surface area contributed by atoms with Gasteiger partial charge >= 0.3 is 0 Å². The second-order valence-electron chi connectivity index (χ2n) is 5.80. The maximum atomic E-state index is 10.4. The molecule has 3 saturated carbocycles. The zero-order chi connectivity index (χ0) is 12.8. The zero-order valence-electron chi connectivity index (χ0n) is 10.7. The van der Waals surface area contributed by atoms with Crippen LogP contribution in [0.1, 0.15) is 37.4 Å². The molecular formula is C15H20O3. The topological polar surface area (TPSA) is 49.7 Å². The minimum atomic E-state index is -0.547. The van der Waals surface area contributed by atoms with Crippen LogP contribution in [0.5, 0.6) is 5.75 Å². The van der Waals surface area contributed by atoms with Gasteiger partial charge in [-0.15, -0.1) is 0 Å². The van der Waals surface area contributed by atoms with Crippen molar-refractivity contribution in [2.24, 2.45) is 11.8 Å². The van der Waals surface area contributed by atoms with Crippen LogP contribution in [0.2, 0.25) is 0 Å². The lowest BCUT2D eigenvalue weighted by atomic mass is 9.76. The number of methoxy groups -OCH3 is 1. The number of ether oxygens (including phenoxy) is 1. The van der Waals surface area contributed by atoms with Gasteiger partial charge in [-0.1, -0.05) is 18.2 Å². The van der Waals surface area contributed by atoms with Gasteiger partial charge in [0, 0.05) is 5.56 Å². The molecule has 3 aliphatic carbocycles. The molecular weight excluding hydrogens is 228 g/mol. The molecule has 3 aliphatic rings. The molecule has 3 fully saturated rings. The summed E-state index contributed by atoms with van der Waals surface area (Å²) < 4.78 is 5.27. The lowest BCUT2D eigenvalue weighted by molar-refractivity contribution is -0.0595. The molecule has 2 bridgehead atoms. The molecule has 2 atom stereocenters. The van der Waals surface area contributed by atoms with E-state index in [4.69, 9.17) is 4.74 Å². The SMILES string of the molecule is COc1ccccc1C(O)CC1CC2CC1(O)C2. The molecule has 0 radical (unpaired) electrons. The highest BCUT2D eigenvalue weighted by Crippen LogP contribution is 2.57. The van der Waals surface area contributed by atoms with Crippen LogP contribution < -0.4 is 4.74 Å². The Bertz CT molecular complexity index is 437. The molecule has 0 heterocycles. The second-order valence-corrected chi connectivity index (χ2v) is 5.80. The van der Waals surface area contributed by atoms with Crippen molar-refractivity contribution in [1.29, 1.82) is 0 Å². The molecule has 0 spiro atoms. The van der Waals surface area contributed by atoms with Gasteiger partial charge in [0.2, 0.25) is 0 Å². The zero-order valence-corrected chi connectivity index (χ0v) is 10.7. The molecule has 1 aromatic carbocycles. The quantitative estimate of drug-likeness (QED) is 0.859. The average molecular weight is 248 g/mol. The van der Waals surface area contributed by atoms with Crippen LogP contribution >= 0.6 is 0 Å². The molecule has 2 unspecified atom stereocenters. The molecule has 98 valence electrons. The Labute approximate surface area is 107 Å². The molecule has 3 heteroatoms. The third-order valence-electron chi connectivity index (χ3n) is 4.67. The monoisotopic (exact) mass is 248 g/mol. The summed E-state index contributed by atoms with van der Waals surface area (Å²) in [6.45, 7) is 0. The molecule has 0 amide bonds. The maximum Gasteiger partial charge on any atom is 0.124 e. The van der Waals surface area contributed by atoms with Gasteiger partial charge in [-0.2, -0.15) is 0 Å². The summed E-state index contributed by atoms with van der Waals surface area (Å²) in [5.41, 5.74) is 0.334.